The molecule has 0 aromatic carbocycles. The normalized spacial score (nSPS) is 23.7. The highest BCUT2D eigenvalue weighted by Crippen LogP contribution is 2.16. The van der Waals surface area contributed by atoms with Crippen molar-refractivity contribution in [1.29, 1.82) is 0 Å². The number of hydrogen-bond donors (Lipinski definition) is 3. The van der Waals surface area contributed by atoms with Crippen LogP contribution in [0.1, 0.15) is 39.5 Å². The van der Waals surface area contributed by atoms with Crippen molar-refractivity contribution in [2.75, 3.05) is 11.5 Å². The van der Waals surface area contributed by atoms with Crippen molar-refractivity contribution in [2.45, 2.75) is 51.1 Å². The summed E-state index contributed by atoms with van der Waals surface area (Å²) < 4.78 is 11.2. The minimum atomic E-state index is -1.21. The van der Waals surface area contributed by atoms with Crippen LogP contribution in [-0.4, -0.2) is 44.4 Å². The number of carboxylic acids is 1. The topological polar surface area (TPSA) is 95.5 Å². The quantitative estimate of drug-likeness (QED) is 0.699. The van der Waals surface area contributed by atoms with Crippen molar-refractivity contribution in [2.24, 2.45) is 0 Å². The van der Waals surface area contributed by atoms with Gasteiger partial charge < -0.3 is 15.7 Å². The van der Waals surface area contributed by atoms with Gasteiger partial charge in [-0.15, -0.1) is 0 Å². The lowest BCUT2D eigenvalue weighted by molar-refractivity contribution is -0.144. The summed E-state index contributed by atoms with van der Waals surface area (Å²) in [6.45, 7) is 3.48. The minimum Gasteiger partial charge on any atom is -0.480 e. The lowest BCUT2D eigenvalue weighted by Crippen LogP contribution is -2.58. The monoisotopic (exact) mass is 290 g/mol. The summed E-state index contributed by atoms with van der Waals surface area (Å²) in [6.07, 6.45) is 2.03. The standard InChI is InChI=1S/C12H22N2O4S/c1-3-12(4-2,10(15)16)14-11(17)13-9-5-7-19(18)8-6-9/h9H,3-8H2,1-2H3,(H,15,16)(H2,13,14,17). The van der Waals surface area contributed by atoms with Crippen LogP contribution in [0, 0.1) is 0 Å². The van der Waals surface area contributed by atoms with Crippen molar-refractivity contribution in [3.05, 3.63) is 0 Å². The molecule has 1 aliphatic heterocycles. The molecule has 1 rings (SSSR count). The average molecular weight is 290 g/mol. The van der Waals surface area contributed by atoms with Crippen LogP contribution in [-0.2, 0) is 15.6 Å². The van der Waals surface area contributed by atoms with E-state index in [9.17, 15) is 18.9 Å². The molecule has 110 valence electrons. The van der Waals surface area contributed by atoms with Crippen molar-refractivity contribution in [3.63, 3.8) is 0 Å². The number of urea groups is 1. The number of amides is 2. The third kappa shape index (κ3) is 4.19. The Morgan fingerprint density at radius 1 is 1.26 bits per heavy atom. The number of carboxylic acid groups (broad SMARTS) is 1. The Kier molecular flexibility index (Phi) is 5.78. The van der Waals surface area contributed by atoms with E-state index < -0.39 is 28.3 Å². The second kappa shape index (κ2) is 6.88. The first-order chi connectivity index (χ1) is 8.93. The van der Waals surface area contributed by atoms with Gasteiger partial charge in [-0.2, -0.15) is 0 Å². The maximum absolute atomic E-state index is 11.9. The Bertz CT molecular complexity index is 359. The van der Waals surface area contributed by atoms with Gasteiger partial charge in [-0.25, -0.2) is 9.59 Å². The molecular weight excluding hydrogens is 268 g/mol. The van der Waals surface area contributed by atoms with E-state index in [4.69, 9.17) is 0 Å². The smallest absolute Gasteiger partial charge is 0.329 e. The highest BCUT2D eigenvalue weighted by Gasteiger charge is 2.36. The zero-order valence-electron chi connectivity index (χ0n) is 11.4. The molecule has 3 N–H and O–H groups in total. The maximum atomic E-state index is 11.9. The van der Waals surface area contributed by atoms with E-state index in [0.29, 0.717) is 37.2 Å². The number of carbonyl (C=O) groups excluding carboxylic acids is 1. The van der Waals surface area contributed by atoms with Crippen molar-refractivity contribution >= 4 is 22.8 Å². The van der Waals surface area contributed by atoms with Gasteiger partial charge in [0.05, 0.1) is 0 Å². The predicted octanol–water partition coefficient (Wildman–Crippen LogP) is 0.840. The van der Waals surface area contributed by atoms with Crippen LogP contribution in [0.4, 0.5) is 4.79 Å². The Hall–Kier alpha value is -1.11. The molecule has 2 amide bonds. The largest absolute Gasteiger partial charge is 0.480 e. The molecule has 1 aliphatic rings. The lowest BCUT2D eigenvalue weighted by atomic mass is 9.93. The van der Waals surface area contributed by atoms with Crippen LogP contribution < -0.4 is 10.6 Å². The SMILES string of the molecule is CCC(CC)(NC(=O)NC1CCS(=O)CC1)C(=O)O. The summed E-state index contributed by atoms with van der Waals surface area (Å²) in [5.74, 6) is 0.171. The van der Waals surface area contributed by atoms with E-state index in [1.54, 1.807) is 13.8 Å². The van der Waals surface area contributed by atoms with Gasteiger partial charge in [-0.3, -0.25) is 4.21 Å². The van der Waals surface area contributed by atoms with Crippen LogP contribution in [0.25, 0.3) is 0 Å². The summed E-state index contributed by atoms with van der Waals surface area (Å²) in [4.78, 5) is 23.1. The molecule has 0 atom stereocenters. The molecule has 6 nitrogen and oxygen atoms in total. The van der Waals surface area contributed by atoms with E-state index in [1.807, 2.05) is 0 Å². The minimum absolute atomic E-state index is 0.0158. The number of aliphatic carboxylic acids is 1. The molecule has 19 heavy (non-hydrogen) atoms. The molecule has 0 unspecified atom stereocenters. The molecule has 0 bridgehead atoms. The Balaban J connectivity index is 2.54. The first-order valence-electron chi connectivity index (χ1n) is 6.60. The molecule has 0 spiro atoms. The first-order valence-corrected chi connectivity index (χ1v) is 8.09. The molecule has 0 aromatic heterocycles. The molecule has 1 saturated heterocycles. The molecule has 0 radical (unpaired) electrons. The highest BCUT2D eigenvalue weighted by atomic mass is 32.2. The molecule has 1 fully saturated rings. The molecule has 0 aromatic rings. The van der Waals surface area contributed by atoms with Gasteiger partial charge in [-0.1, -0.05) is 13.8 Å². The zero-order valence-corrected chi connectivity index (χ0v) is 12.2. The number of hydrogen-bond acceptors (Lipinski definition) is 3. The van der Waals surface area contributed by atoms with Crippen LogP contribution >= 0.6 is 0 Å². The molecule has 1 heterocycles. The van der Waals surface area contributed by atoms with Crippen LogP contribution in [0.3, 0.4) is 0 Å². The van der Waals surface area contributed by atoms with Gasteiger partial charge in [0, 0.05) is 28.3 Å². The fraction of sp³-hybridized carbons (Fsp3) is 0.833. The van der Waals surface area contributed by atoms with Crippen LogP contribution in [0.15, 0.2) is 0 Å². The van der Waals surface area contributed by atoms with Crippen LogP contribution in [0.2, 0.25) is 0 Å². The fourth-order valence-corrected chi connectivity index (χ4v) is 3.46. The second-order valence-corrected chi connectivity index (χ2v) is 6.51. The molecule has 7 heteroatoms. The predicted molar refractivity (Wildman–Crippen MR) is 73.5 cm³/mol. The van der Waals surface area contributed by atoms with Crippen molar-refractivity contribution in [1.82, 2.24) is 10.6 Å². The summed E-state index contributed by atoms with van der Waals surface area (Å²) in [5.41, 5.74) is -1.21. The van der Waals surface area contributed by atoms with Crippen LogP contribution in [0.5, 0.6) is 0 Å². The van der Waals surface area contributed by atoms with E-state index in [0.717, 1.165) is 0 Å². The van der Waals surface area contributed by atoms with E-state index in [2.05, 4.69) is 10.6 Å². The molecule has 0 saturated carbocycles. The Labute approximate surface area is 115 Å². The van der Waals surface area contributed by atoms with E-state index >= 15 is 0 Å². The zero-order chi connectivity index (χ0) is 14.5. The molecular formula is C12H22N2O4S. The Morgan fingerprint density at radius 2 is 1.79 bits per heavy atom. The number of carbonyl (C=O) groups is 2. The van der Waals surface area contributed by atoms with Gasteiger partial charge in [0.15, 0.2) is 0 Å². The summed E-state index contributed by atoms with van der Waals surface area (Å²) in [5, 5.41) is 14.6. The van der Waals surface area contributed by atoms with Gasteiger partial charge in [0.2, 0.25) is 0 Å². The number of nitrogens with one attached hydrogen (secondary N) is 2. The van der Waals surface area contributed by atoms with Gasteiger partial charge in [-0.05, 0) is 25.7 Å². The van der Waals surface area contributed by atoms with Gasteiger partial charge in [0.1, 0.15) is 5.54 Å². The second-order valence-electron chi connectivity index (χ2n) is 4.82. The third-order valence-corrected chi connectivity index (χ3v) is 5.07. The number of rotatable bonds is 5. The third-order valence-electron chi connectivity index (χ3n) is 3.69. The highest BCUT2D eigenvalue weighted by molar-refractivity contribution is 7.85. The fourth-order valence-electron chi connectivity index (χ4n) is 2.16. The van der Waals surface area contributed by atoms with Crippen molar-refractivity contribution in [3.8, 4) is 0 Å². The summed E-state index contributed by atoms with van der Waals surface area (Å²) in [7, 11) is -0.771. The lowest BCUT2D eigenvalue weighted by Gasteiger charge is -2.30. The first kappa shape index (κ1) is 15.9. The van der Waals surface area contributed by atoms with Crippen molar-refractivity contribution < 1.29 is 18.9 Å². The van der Waals surface area contributed by atoms with E-state index in [-0.39, 0.29) is 6.04 Å². The summed E-state index contributed by atoms with van der Waals surface area (Å²) >= 11 is 0. The van der Waals surface area contributed by atoms with Gasteiger partial charge in [0.25, 0.3) is 0 Å². The van der Waals surface area contributed by atoms with E-state index in [1.165, 1.54) is 0 Å². The Morgan fingerprint density at radius 3 is 2.21 bits per heavy atom. The average Bonchev–Trinajstić information content (AvgIpc) is 2.38. The molecule has 0 aliphatic carbocycles. The van der Waals surface area contributed by atoms with Gasteiger partial charge >= 0.3 is 12.0 Å². The maximum Gasteiger partial charge on any atom is 0.329 e. The summed E-state index contributed by atoms with van der Waals surface area (Å²) in [6, 6.07) is -0.471.